The summed E-state index contributed by atoms with van der Waals surface area (Å²) in [5.41, 5.74) is 3.07. The first kappa shape index (κ1) is 21.0. The van der Waals surface area contributed by atoms with E-state index in [0.717, 1.165) is 28.1 Å². The SMILES string of the molecule is Cc1cc(N2C(=S)NC(c3ccccn3)C2c2ccc(Cl)s2)ccc1NS(C)(=O)=O. The van der Waals surface area contributed by atoms with Crippen LogP contribution in [0.2, 0.25) is 4.34 Å². The molecule has 1 saturated heterocycles. The summed E-state index contributed by atoms with van der Waals surface area (Å²) in [7, 11) is -3.36. The molecule has 10 heteroatoms. The van der Waals surface area contributed by atoms with Gasteiger partial charge >= 0.3 is 0 Å². The van der Waals surface area contributed by atoms with Crippen molar-refractivity contribution in [2.45, 2.75) is 19.0 Å². The van der Waals surface area contributed by atoms with Gasteiger partial charge in [-0.2, -0.15) is 0 Å². The second-order valence-corrected chi connectivity index (χ2v) is 10.9. The van der Waals surface area contributed by atoms with Gasteiger partial charge in [-0.25, -0.2) is 8.42 Å². The number of thiophene rings is 1. The Kier molecular flexibility index (Phi) is 5.71. The van der Waals surface area contributed by atoms with Crippen molar-refractivity contribution in [2.24, 2.45) is 0 Å². The third kappa shape index (κ3) is 4.29. The number of hydrogen-bond donors (Lipinski definition) is 2. The summed E-state index contributed by atoms with van der Waals surface area (Å²) < 4.78 is 26.5. The Hall–Kier alpha value is -2.20. The van der Waals surface area contributed by atoms with Crippen LogP contribution in [0.4, 0.5) is 11.4 Å². The number of aromatic nitrogens is 1. The zero-order valence-corrected chi connectivity index (χ0v) is 19.4. The first-order valence-corrected chi connectivity index (χ1v) is 12.6. The Morgan fingerprint density at radius 2 is 2.03 bits per heavy atom. The highest BCUT2D eigenvalue weighted by Gasteiger charge is 2.41. The predicted molar refractivity (Wildman–Crippen MR) is 127 cm³/mol. The highest BCUT2D eigenvalue weighted by atomic mass is 35.5. The van der Waals surface area contributed by atoms with E-state index in [-0.39, 0.29) is 12.1 Å². The van der Waals surface area contributed by atoms with Gasteiger partial charge in [0.1, 0.15) is 0 Å². The Labute approximate surface area is 190 Å². The number of benzene rings is 1. The van der Waals surface area contributed by atoms with E-state index in [2.05, 4.69) is 15.0 Å². The van der Waals surface area contributed by atoms with Gasteiger partial charge in [0.25, 0.3) is 0 Å². The molecule has 0 saturated carbocycles. The van der Waals surface area contributed by atoms with Crippen molar-refractivity contribution in [3.8, 4) is 0 Å². The third-order valence-electron chi connectivity index (χ3n) is 4.77. The summed E-state index contributed by atoms with van der Waals surface area (Å²) in [4.78, 5) is 7.61. The first-order valence-electron chi connectivity index (χ1n) is 9.07. The molecule has 1 aliphatic heterocycles. The minimum absolute atomic E-state index is 0.141. The van der Waals surface area contributed by atoms with E-state index < -0.39 is 10.0 Å². The summed E-state index contributed by atoms with van der Waals surface area (Å²) in [6.07, 6.45) is 2.89. The molecule has 4 rings (SSSR count). The fraction of sp³-hybridized carbons (Fsp3) is 0.200. The largest absolute Gasteiger partial charge is 0.351 e. The number of anilines is 2. The van der Waals surface area contributed by atoms with Crippen LogP contribution >= 0.6 is 35.2 Å². The molecule has 0 spiro atoms. The summed E-state index contributed by atoms with van der Waals surface area (Å²) in [5.74, 6) is 0. The molecule has 2 aromatic heterocycles. The lowest BCUT2D eigenvalue weighted by Crippen LogP contribution is -2.29. The molecule has 2 unspecified atom stereocenters. The normalized spacial score (nSPS) is 19.0. The highest BCUT2D eigenvalue weighted by Crippen LogP contribution is 2.44. The summed E-state index contributed by atoms with van der Waals surface area (Å²) in [5, 5.41) is 3.97. The Morgan fingerprint density at radius 3 is 2.63 bits per heavy atom. The molecule has 0 aliphatic carbocycles. The van der Waals surface area contributed by atoms with Gasteiger partial charge in [0, 0.05) is 16.8 Å². The first-order chi connectivity index (χ1) is 14.2. The number of sulfonamides is 1. The number of nitrogens with one attached hydrogen (secondary N) is 2. The molecule has 3 aromatic rings. The van der Waals surface area contributed by atoms with Gasteiger partial charge in [-0.15, -0.1) is 11.3 Å². The van der Waals surface area contributed by atoms with Gasteiger partial charge in [0.05, 0.1) is 34.1 Å². The van der Waals surface area contributed by atoms with Crippen LogP contribution < -0.4 is 14.9 Å². The third-order valence-corrected chi connectivity index (χ3v) is 6.97. The maximum absolute atomic E-state index is 11.6. The minimum atomic E-state index is -3.36. The smallest absolute Gasteiger partial charge is 0.229 e. The lowest BCUT2D eigenvalue weighted by atomic mass is 10.0. The van der Waals surface area contributed by atoms with Gasteiger partial charge < -0.3 is 10.2 Å². The second kappa shape index (κ2) is 8.14. The van der Waals surface area contributed by atoms with Gasteiger partial charge in [0.2, 0.25) is 10.0 Å². The van der Waals surface area contributed by atoms with Gasteiger partial charge in [0.15, 0.2) is 5.11 Å². The Bertz CT molecular complexity index is 1200. The van der Waals surface area contributed by atoms with Crippen LogP contribution in [0.5, 0.6) is 0 Å². The van der Waals surface area contributed by atoms with Crippen molar-refractivity contribution in [1.82, 2.24) is 10.3 Å². The molecule has 0 bridgehead atoms. The van der Waals surface area contributed by atoms with Crippen molar-refractivity contribution in [3.63, 3.8) is 0 Å². The van der Waals surface area contributed by atoms with Crippen LogP contribution in [0.15, 0.2) is 54.7 Å². The standard InChI is InChI=1S/C20H19ClN4O2S3/c1-12-11-13(6-7-14(12)24-30(2,26)27)25-19(16-8-9-17(21)29-16)18(23-20(25)28)15-5-3-4-10-22-15/h3-11,18-19,24H,1-2H3,(H,23,28). The molecular weight excluding hydrogens is 460 g/mol. The molecular formula is C20H19ClN4O2S3. The summed E-state index contributed by atoms with van der Waals surface area (Å²) >= 11 is 13.4. The van der Waals surface area contributed by atoms with Crippen LogP contribution in [0.1, 0.15) is 28.2 Å². The minimum Gasteiger partial charge on any atom is -0.351 e. The highest BCUT2D eigenvalue weighted by molar-refractivity contribution is 7.92. The second-order valence-electron chi connectivity index (χ2n) is 7.01. The van der Waals surface area contributed by atoms with Crippen molar-refractivity contribution < 1.29 is 8.42 Å². The number of thiocarbonyl (C=S) groups is 1. The maximum atomic E-state index is 11.6. The number of hydrogen-bond acceptors (Lipinski definition) is 5. The van der Waals surface area contributed by atoms with Gasteiger partial charge in [-0.1, -0.05) is 17.7 Å². The molecule has 1 fully saturated rings. The van der Waals surface area contributed by atoms with E-state index in [4.69, 9.17) is 23.8 Å². The zero-order valence-electron chi connectivity index (χ0n) is 16.2. The molecule has 2 atom stereocenters. The average molecular weight is 479 g/mol. The van der Waals surface area contributed by atoms with E-state index >= 15 is 0 Å². The fourth-order valence-corrected chi connectivity index (χ4v) is 5.69. The number of halogens is 1. The van der Waals surface area contributed by atoms with Crippen LogP contribution in [0, 0.1) is 6.92 Å². The van der Waals surface area contributed by atoms with E-state index in [1.807, 2.05) is 54.3 Å². The van der Waals surface area contributed by atoms with Crippen molar-refractivity contribution in [3.05, 3.63) is 75.2 Å². The number of rotatable bonds is 5. The maximum Gasteiger partial charge on any atom is 0.229 e. The fourth-order valence-electron chi connectivity index (χ4n) is 3.52. The van der Waals surface area contributed by atoms with Crippen LogP contribution in [-0.2, 0) is 10.0 Å². The van der Waals surface area contributed by atoms with Gasteiger partial charge in [-0.05, 0) is 67.2 Å². The Balaban J connectivity index is 1.77. The van der Waals surface area contributed by atoms with E-state index in [0.29, 0.717) is 15.1 Å². The average Bonchev–Trinajstić information content (AvgIpc) is 3.26. The van der Waals surface area contributed by atoms with Gasteiger partial charge in [-0.3, -0.25) is 9.71 Å². The van der Waals surface area contributed by atoms with Crippen LogP contribution in [-0.4, -0.2) is 24.8 Å². The van der Waals surface area contributed by atoms with Crippen molar-refractivity contribution >= 4 is 61.7 Å². The van der Waals surface area contributed by atoms with Crippen LogP contribution in [0.25, 0.3) is 0 Å². The lowest BCUT2D eigenvalue weighted by Gasteiger charge is -2.27. The number of aryl methyl sites for hydroxylation is 1. The molecule has 6 nitrogen and oxygen atoms in total. The molecule has 2 N–H and O–H groups in total. The van der Waals surface area contributed by atoms with E-state index in [9.17, 15) is 8.42 Å². The molecule has 0 amide bonds. The lowest BCUT2D eigenvalue weighted by molar-refractivity contribution is 0.575. The number of pyridine rings is 1. The van der Waals surface area contributed by atoms with E-state index in [1.165, 1.54) is 11.3 Å². The molecule has 0 radical (unpaired) electrons. The number of nitrogens with zero attached hydrogens (tertiary/aromatic N) is 2. The monoisotopic (exact) mass is 478 g/mol. The van der Waals surface area contributed by atoms with E-state index in [1.54, 1.807) is 12.3 Å². The molecule has 156 valence electrons. The topological polar surface area (TPSA) is 74.3 Å². The summed E-state index contributed by atoms with van der Waals surface area (Å²) in [6.45, 7) is 1.86. The van der Waals surface area contributed by atoms with Crippen molar-refractivity contribution in [1.29, 1.82) is 0 Å². The molecule has 30 heavy (non-hydrogen) atoms. The predicted octanol–water partition coefficient (Wildman–Crippen LogP) is 4.65. The zero-order chi connectivity index (χ0) is 21.5. The Morgan fingerprint density at radius 1 is 1.23 bits per heavy atom. The van der Waals surface area contributed by atoms with Crippen molar-refractivity contribution in [2.75, 3.05) is 15.9 Å². The quantitative estimate of drug-likeness (QED) is 0.520. The molecule has 3 heterocycles. The molecule has 1 aliphatic rings. The van der Waals surface area contributed by atoms with Crippen LogP contribution in [0.3, 0.4) is 0 Å². The summed E-state index contributed by atoms with van der Waals surface area (Å²) in [6, 6.07) is 14.9. The molecule has 1 aromatic carbocycles.